The predicted octanol–water partition coefficient (Wildman–Crippen LogP) is 2.25. The fraction of sp³-hybridized carbons (Fsp3) is 0.350. The number of β-amino-alcohol motifs (C(OH)–C–C–N with tert-alkyl or cyclic N) is 1. The highest BCUT2D eigenvalue weighted by molar-refractivity contribution is 7.89. The van der Waals surface area contributed by atoms with E-state index in [1.165, 1.54) is 29.7 Å². The number of ether oxygens (including phenoxy) is 1. The zero-order valence-corrected chi connectivity index (χ0v) is 17.9. The summed E-state index contributed by atoms with van der Waals surface area (Å²) < 4.78 is 32.7. The first-order chi connectivity index (χ1) is 14.2. The fourth-order valence-corrected chi connectivity index (χ4v) is 5.17. The van der Waals surface area contributed by atoms with Gasteiger partial charge in [0.2, 0.25) is 10.0 Å². The number of hydrogen-bond acceptors (Lipinski definition) is 6. The Bertz CT molecular complexity index is 1010. The first kappa shape index (κ1) is 22.5. The van der Waals surface area contributed by atoms with Crippen LogP contribution in [0.1, 0.15) is 24.0 Å². The van der Waals surface area contributed by atoms with Crippen LogP contribution in [0, 0.1) is 6.92 Å². The maximum Gasteiger partial charge on any atom is 0.261 e. The van der Waals surface area contributed by atoms with Crippen LogP contribution in [0.4, 0.5) is 0 Å². The molecule has 2 aromatic rings. The molecule has 0 saturated carbocycles. The highest BCUT2D eigenvalue weighted by atomic mass is 35.5. The van der Waals surface area contributed by atoms with Crippen molar-refractivity contribution in [1.82, 2.24) is 9.79 Å². The Kier molecular flexibility index (Phi) is 6.99. The van der Waals surface area contributed by atoms with Gasteiger partial charge in [-0.15, -0.1) is 0 Å². The summed E-state index contributed by atoms with van der Waals surface area (Å²) >= 11 is 6.01. The molecule has 1 saturated heterocycles. The number of aryl methyl sites for hydroxylation is 1. The molecular weight excluding hydrogens is 432 g/mol. The van der Waals surface area contributed by atoms with Crippen LogP contribution in [0.3, 0.4) is 0 Å². The largest absolute Gasteiger partial charge is 0.489 e. The maximum atomic E-state index is 13.0. The molecule has 2 aromatic carbocycles. The lowest BCUT2D eigenvalue weighted by molar-refractivity contribution is -0.135. The minimum Gasteiger partial charge on any atom is -0.489 e. The molecule has 2 unspecified atom stereocenters. The van der Waals surface area contributed by atoms with Crippen LogP contribution < -0.4 is 10.2 Å². The molecule has 0 aromatic heterocycles. The quantitative estimate of drug-likeness (QED) is 0.455. The van der Waals surface area contributed by atoms with Gasteiger partial charge in [-0.05, 0) is 67.3 Å². The molecule has 0 bridgehead atoms. The lowest BCUT2D eigenvalue weighted by Crippen LogP contribution is -2.54. The molecule has 1 aliphatic heterocycles. The third-order valence-corrected chi connectivity index (χ3v) is 7.18. The predicted molar refractivity (Wildman–Crippen MR) is 110 cm³/mol. The van der Waals surface area contributed by atoms with Gasteiger partial charge in [-0.25, -0.2) is 13.9 Å². The van der Waals surface area contributed by atoms with Gasteiger partial charge in [0.25, 0.3) is 5.91 Å². The van der Waals surface area contributed by atoms with Crippen molar-refractivity contribution in [3.05, 3.63) is 58.6 Å². The first-order valence-electron chi connectivity index (χ1n) is 9.34. The van der Waals surface area contributed by atoms with E-state index < -0.39 is 28.1 Å². The van der Waals surface area contributed by atoms with Gasteiger partial charge < -0.3 is 9.84 Å². The lowest BCUT2D eigenvalue weighted by atomic mass is 10.0. The number of aliphatic hydroxyl groups is 1. The summed E-state index contributed by atoms with van der Waals surface area (Å²) in [6.07, 6.45) is -0.515. The minimum absolute atomic E-state index is 0.0429. The van der Waals surface area contributed by atoms with Crippen molar-refractivity contribution >= 4 is 27.5 Å². The van der Waals surface area contributed by atoms with E-state index >= 15 is 0 Å². The summed E-state index contributed by atoms with van der Waals surface area (Å²) in [6.45, 7) is 1.99. The number of piperidine rings is 1. The Hall–Kier alpha value is -2.17. The highest BCUT2D eigenvalue weighted by Crippen LogP contribution is 2.27. The van der Waals surface area contributed by atoms with E-state index in [1.54, 1.807) is 6.07 Å². The van der Waals surface area contributed by atoms with E-state index in [0.717, 1.165) is 15.4 Å². The molecular formula is C20H23ClN2O6S. The fourth-order valence-electron chi connectivity index (χ4n) is 3.32. The van der Waals surface area contributed by atoms with Crippen LogP contribution >= 0.6 is 11.6 Å². The van der Waals surface area contributed by atoms with E-state index in [2.05, 4.69) is 0 Å². The van der Waals surface area contributed by atoms with Gasteiger partial charge in [0, 0.05) is 11.6 Å². The van der Waals surface area contributed by atoms with Crippen LogP contribution in [0.25, 0.3) is 0 Å². The number of hydroxylamine groups is 1. The number of sulfonamides is 1. The lowest BCUT2D eigenvalue weighted by Gasteiger charge is -2.35. The number of amides is 1. The minimum atomic E-state index is -4.07. The van der Waals surface area contributed by atoms with E-state index in [-0.39, 0.29) is 30.9 Å². The Morgan fingerprint density at radius 3 is 2.60 bits per heavy atom. The van der Waals surface area contributed by atoms with Gasteiger partial charge in [0.05, 0.1) is 11.0 Å². The maximum absolute atomic E-state index is 13.0. The highest BCUT2D eigenvalue weighted by Gasteiger charge is 2.40. The third-order valence-electron chi connectivity index (χ3n) is 5.06. The van der Waals surface area contributed by atoms with Crippen molar-refractivity contribution < 1.29 is 28.3 Å². The molecule has 1 aliphatic rings. The molecule has 1 heterocycles. The van der Waals surface area contributed by atoms with Crippen LogP contribution in [-0.4, -0.2) is 47.6 Å². The number of nitrogens with one attached hydrogen (secondary N) is 1. The van der Waals surface area contributed by atoms with Gasteiger partial charge in [-0.3, -0.25) is 10.0 Å². The number of aliphatic hydroxyl groups excluding tert-OH is 1. The van der Waals surface area contributed by atoms with E-state index in [0.29, 0.717) is 10.8 Å². The normalized spacial score (nSPS) is 20.0. The standard InChI is InChI=1S/C20H23ClN2O6S/c1-13-2-3-15(21)10-14(13)12-29-17-5-7-18(8-6-17)30(27,28)23-11-16(24)4-9-19(23)20(25)22-26/h2-3,5-8,10,16,19,24,26H,4,9,11-12H2,1H3,(H,22,25). The number of carbonyl (C=O) groups excluding carboxylic acids is 1. The summed E-state index contributed by atoms with van der Waals surface area (Å²) in [7, 11) is -4.07. The van der Waals surface area contributed by atoms with Crippen molar-refractivity contribution in [2.45, 2.75) is 43.4 Å². The molecule has 0 spiro atoms. The SMILES string of the molecule is Cc1ccc(Cl)cc1COc1ccc(S(=O)(=O)N2CC(O)CCC2C(=O)NO)cc1. The number of nitrogens with zero attached hydrogens (tertiary/aromatic N) is 1. The van der Waals surface area contributed by atoms with Crippen molar-refractivity contribution in [2.75, 3.05) is 6.54 Å². The number of halogens is 1. The zero-order chi connectivity index (χ0) is 21.9. The Morgan fingerprint density at radius 2 is 1.93 bits per heavy atom. The number of rotatable bonds is 6. The van der Waals surface area contributed by atoms with Crippen LogP contribution in [0.15, 0.2) is 47.4 Å². The summed E-state index contributed by atoms with van der Waals surface area (Å²) in [5, 5.41) is 19.4. The van der Waals surface area contributed by atoms with Gasteiger partial charge in [0.1, 0.15) is 18.4 Å². The zero-order valence-electron chi connectivity index (χ0n) is 16.3. The molecule has 1 amide bonds. The second-order valence-corrected chi connectivity index (χ2v) is 9.46. The van der Waals surface area contributed by atoms with Crippen molar-refractivity contribution in [3.8, 4) is 5.75 Å². The van der Waals surface area contributed by atoms with E-state index in [1.807, 2.05) is 19.1 Å². The van der Waals surface area contributed by atoms with Crippen molar-refractivity contribution in [2.24, 2.45) is 0 Å². The molecule has 10 heteroatoms. The number of carbonyl (C=O) groups is 1. The van der Waals surface area contributed by atoms with Crippen LogP contribution in [0.2, 0.25) is 5.02 Å². The molecule has 2 atom stereocenters. The van der Waals surface area contributed by atoms with Crippen molar-refractivity contribution in [3.63, 3.8) is 0 Å². The second-order valence-electron chi connectivity index (χ2n) is 7.13. The Morgan fingerprint density at radius 1 is 1.23 bits per heavy atom. The molecule has 0 radical (unpaired) electrons. The summed E-state index contributed by atoms with van der Waals surface area (Å²) in [4.78, 5) is 11.9. The summed E-state index contributed by atoms with van der Waals surface area (Å²) in [5.41, 5.74) is 3.44. The average molecular weight is 455 g/mol. The molecule has 30 heavy (non-hydrogen) atoms. The van der Waals surface area contributed by atoms with Crippen LogP contribution in [-0.2, 0) is 21.4 Å². The van der Waals surface area contributed by atoms with E-state index in [4.69, 9.17) is 21.5 Å². The molecule has 8 nitrogen and oxygen atoms in total. The number of hydrogen-bond donors (Lipinski definition) is 3. The smallest absolute Gasteiger partial charge is 0.261 e. The monoisotopic (exact) mass is 454 g/mol. The third kappa shape index (κ3) is 4.93. The molecule has 1 fully saturated rings. The molecule has 3 rings (SSSR count). The second kappa shape index (κ2) is 9.32. The first-order valence-corrected chi connectivity index (χ1v) is 11.2. The Balaban J connectivity index is 1.76. The molecule has 162 valence electrons. The summed E-state index contributed by atoms with van der Waals surface area (Å²) in [5.74, 6) is -0.362. The van der Waals surface area contributed by atoms with E-state index in [9.17, 15) is 18.3 Å². The Labute approximate surface area is 180 Å². The van der Waals surface area contributed by atoms with Gasteiger partial charge in [0.15, 0.2) is 0 Å². The van der Waals surface area contributed by atoms with Crippen molar-refractivity contribution in [1.29, 1.82) is 0 Å². The number of benzene rings is 2. The van der Waals surface area contributed by atoms with Gasteiger partial charge >= 0.3 is 0 Å². The van der Waals surface area contributed by atoms with Crippen LogP contribution in [0.5, 0.6) is 5.75 Å². The topological polar surface area (TPSA) is 116 Å². The van der Waals surface area contributed by atoms with Gasteiger partial charge in [-0.2, -0.15) is 4.31 Å². The summed E-state index contributed by atoms with van der Waals surface area (Å²) in [6, 6.07) is 10.2. The van der Waals surface area contributed by atoms with Gasteiger partial charge in [-0.1, -0.05) is 17.7 Å². The average Bonchev–Trinajstić information content (AvgIpc) is 2.74. The molecule has 3 N–H and O–H groups in total. The molecule has 0 aliphatic carbocycles.